The van der Waals surface area contributed by atoms with Crippen molar-refractivity contribution in [2.75, 3.05) is 52.5 Å². The summed E-state index contributed by atoms with van der Waals surface area (Å²) in [6, 6.07) is 7.18. The number of nitrogens with zero attached hydrogens (tertiary/aromatic N) is 2. The van der Waals surface area contributed by atoms with Crippen LogP contribution in [0.4, 0.5) is 0 Å². The quantitative estimate of drug-likeness (QED) is 0.661. The second-order valence-corrected chi connectivity index (χ2v) is 7.71. The Balaban J connectivity index is 1.48. The highest BCUT2D eigenvalue weighted by Gasteiger charge is 2.23. The van der Waals surface area contributed by atoms with Crippen LogP contribution in [0.15, 0.2) is 35.0 Å². The molecule has 1 saturated heterocycles. The SMILES string of the molecule is CCOc1ccc(C(=O)N2CCN(CCNC(=O)c3ccsc3)CC2)cc1OCC. The normalized spacial score (nSPS) is 14.4. The van der Waals surface area contributed by atoms with Gasteiger partial charge < -0.3 is 19.7 Å². The van der Waals surface area contributed by atoms with Crippen LogP contribution in [0.25, 0.3) is 0 Å². The number of amides is 2. The van der Waals surface area contributed by atoms with Gasteiger partial charge in [0.05, 0.1) is 13.2 Å². The van der Waals surface area contributed by atoms with Gasteiger partial charge in [-0.25, -0.2) is 0 Å². The number of piperazine rings is 1. The van der Waals surface area contributed by atoms with Gasteiger partial charge in [0.25, 0.3) is 11.8 Å². The van der Waals surface area contributed by atoms with Crippen molar-refractivity contribution in [3.05, 3.63) is 46.2 Å². The molecule has 0 saturated carbocycles. The molecule has 2 aromatic rings. The first-order valence-electron chi connectivity index (χ1n) is 10.3. The molecule has 1 aromatic carbocycles. The number of nitrogens with one attached hydrogen (secondary N) is 1. The number of ether oxygens (including phenoxy) is 2. The monoisotopic (exact) mass is 431 g/mol. The van der Waals surface area contributed by atoms with E-state index in [0.29, 0.717) is 55.5 Å². The number of thiophene rings is 1. The van der Waals surface area contributed by atoms with E-state index in [1.807, 2.05) is 35.6 Å². The summed E-state index contributed by atoms with van der Waals surface area (Å²) in [6.07, 6.45) is 0. The maximum Gasteiger partial charge on any atom is 0.254 e. The fourth-order valence-corrected chi connectivity index (χ4v) is 4.00. The molecule has 0 bridgehead atoms. The number of benzene rings is 1. The minimum absolute atomic E-state index is 0.00409. The lowest BCUT2D eigenvalue weighted by Crippen LogP contribution is -2.50. The summed E-state index contributed by atoms with van der Waals surface area (Å²) in [4.78, 5) is 29.0. The van der Waals surface area contributed by atoms with Gasteiger partial charge in [0, 0.05) is 55.8 Å². The average Bonchev–Trinajstić information content (AvgIpc) is 3.30. The Kier molecular flexibility index (Phi) is 8.10. The molecule has 2 heterocycles. The van der Waals surface area contributed by atoms with Gasteiger partial charge in [0.2, 0.25) is 0 Å². The largest absolute Gasteiger partial charge is 0.490 e. The summed E-state index contributed by atoms with van der Waals surface area (Å²) in [5, 5.41) is 6.69. The van der Waals surface area contributed by atoms with Crippen LogP contribution in [-0.2, 0) is 0 Å². The van der Waals surface area contributed by atoms with Crippen LogP contribution in [0.2, 0.25) is 0 Å². The summed E-state index contributed by atoms with van der Waals surface area (Å²) in [7, 11) is 0. The molecule has 0 aliphatic carbocycles. The third-order valence-corrected chi connectivity index (χ3v) is 5.63. The maximum atomic E-state index is 12.9. The predicted octanol–water partition coefficient (Wildman–Crippen LogP) is 2.73. The molecule has 0 radical (unpaired) electrons. The van der Waals surface area contributed by atoms with Crippen molar-refractivity contribution in [1.29, 1.82) is 0 Å². The second-order valence-electron chi connectivity index (χ2n) is 6.93. The van der Waals surface area contributed by atoms with E-state index in [0.717, 1.165) is 19.6 Å². The molecular weight excluding hydrogens is 402 g/mol. The molecule has 1 N–H and O–H groups in total. The Morgan fingerprint density at radius 2 is 1.73 bits per heavy atom. The van der Waals surface area contributed by atoms with Crippen LogP contribution in [0.3, 0.4) is 0 Å². The lowest BCUT2D eigenvalue weighted by molar-refractivity contribution is 0.0637. The molecule has 3 rings (SSSR count). The molecule has 1 aliphatic rings. The lowest BCUT2D eigenvalue weighted by Gasteiger charge is -2.34. The molecule has 1 aromatic heterocycles. The minimum atomic E-state index is -0.0364. The molecule has 7 nitrogen and oxygen atoms in total. The van der Waals surface area contributed by atoms with Crippen molar-refractivity contribution in [1.82, 2.24) is 15.1 Å². The Morgan fingerprint density at radius 3 is 2.40 bits per heavy atom. The van der Waals surface area contributed by atoms with E-state index in [1.165, 1.54) is 11.3 Å². The van der Waals surface area contributed by atoms with Gasteiger partial charge in [-0.3, -0.25) is 14.5 Å². The molecule has 8 heteroatoms. The van der Waals surface area contributed by atoms with E-state index in [4.69, 9.17) is 9.47 Å². The van der Waals surface area contributed by atoms with Crippen molar-refractivity contribution < 1.29 is 19.1 Å². The van der Waals surface area contributed by atoms with Crippen molar-refractivity contribution >= 4 is 23.2 Å². The molecular formula is C22H29N3O4S. The number of carbonyl (C=O) groups excluding carboxylic acids is 2. The number of rotatable bonds is 9. The van der Waals surface area contributed by atoms with Crippen molar-refractivity contribution in [3.8, 4) is 11.5 Å². The summed E-state index contributed by atoms with van der Waals surface area (Å²) in [5.74, 6) is 1.23. The number of hydrogen-bond acceptors (Lipinski definition) is 6. The second kappa shape index (κ2) is 11.0. The van der Waals surface area contributed by atoms with E-state index in [-0.39, 0.29) is 11.8 Å². The minimum Gasteiger partial charge on any atom is -0.490 e. The highest BCUT2D eigenvalue weighted by Crippen LogP contribution is 2.29. The molecule has 162 valence electrons. The third kappa shape index (κ3) is 5.73. The third-order valence-electron chi connectivity index (χ3n) is 4.95. The van der Waals surface area contributed by atoms with E-state index in [1.54, 1.807) is 18.2 Å². The van der Waals surface area contributed by atoms with Crippen LogP contribution >= 0.6 is 11.3 Å². The summed E-state index contributed by atoms with van der Waals surface area (Å²) in [6.45, 7) is 9.15. The highest BCUT2D eigenvalue weighted by atomic mass is 32.1. The predicted molar refractivity (Wildman–Crippen MR) is 118 cm³/mol. The highest BCUT2D eigenvalue weighted by molar-refractivity contribution is 7.08. The lowest BCUT2D eigenvalue weighted by atomic mass is 10.1. The summed E-state index contributed by atoms with van der Waals surface area (Å²) >= 11 is 1.51. The first kappa shape index (κ1) is 22.1. The van der Waals surface area contributed by atoms with Crippen LogP contribution in [0.1, 0.15) is 34.6 Å². The van der Waals surface area contributed by atoms with Gasteiger partial charge in [-0.05, 0) is 43.5 Å². The molecule has 2 amide bonds. The zero-order valence-electron chi connectivity index (χ0n) is 17.6. The van der Waals surface area contributed by atoms with E-state index < -0.39 is 0 Å². The number of hydrogen-bond donors (Lipinski definition) is 1. The van der Waals surface area contributed by atoms with Gasteiger partial charge in [0.1, 0.15) is 0 Å². The van der Waals surface area contributed by atoms with Gasteiger partial charge in [-0.2, -0.15) is 11.3 Å². The Hall–Kier alpha value is -2.58. The standard InChI is InChI=1S/C22H29N3O4S/c1-3-28-19-6-5-17(15-20(19)29-4-2)22(27)25-12-10-24(11-13-25)9-8-23-21(26)18-7-14-30-16-18/h5-7,14-16H,3-4,8-13H2,1-2H3,(H,23,26). The van der Waals surface area contributed by atoms with E-state index in [9.17, 15) is 9.59 Å². The summed E-state index contributed by atoms with van der Waals surface area (Å²) in [5.41, 5.74) is 1.32. The zero-order chi connectivity index (χ0) is 21.3. The van der Waals surface area contributed by atoms with Crippen molar-refractivity contribution in [2.24, 2.45) is 0 Å². The van der Waals surface area contributed by atoms with E-state index in [2.05, 4.69) is 10.2 Å². The van der Waals surface area contributed by atoms with Crippen LogP contribution in [-0.4, -0.2) is 74.1 Å². The molecule has 0 atom stereocenters. The molecule has 1 fully saturated rings. The zero-order valence-corrected chi connectivity index (χ0v) is 18.4. The van der Waals surface area contributed by atoms with Crippen molar-refractivity contribution in [2.45, 2.75) is 13.8 Å². The van der Waals surface area contributed by atoms with Crippen LogP contribution < -0.4 is 14.8 Å². The fraction of sp³-hybridized carbons (Fsp3) is 0.455. The van der Waals surface area contributed by atoms with E-state index >= 15 is 0 Å². The molecule has 1 aliphatic heterocycles. The van der Waals surface area contributed by atoms with Gasteiger partial charge in [0.15, 0.2) is 11.5 Å². The van der Waals surface area contributed by atoms with Crippen molar-refractivity contribution in [3.63, 3.8) is 0 Å². The topological polar surface area (TPSA) is 71.1 Å². The summed E-state index contributed by atoms with van der Waals surface area (Å²) < 4.78 is 11.2. The van der Waals surface area contributed by atoms with Crippen LogP contribution in [0, 0.1) is 0 Å². The van der Waals surface area contributed by atoms with Gasteiger partial charge >= 0.3 is 0 Å². The van der Waals surface area contributed by atoms with Crippen LogP contribution in [0.5, 0.6) is 11.5 Å². The van der Waals surface area contributed by atoms with Gasteiger partial charge in [-0.15, -0.1) is 0 Å². The molecule has 30 heavy (non-hydrogen) atoms. The number of carbonyl (C=O) groups is 2. The fourth-order valence-electron chi connectivity index (χ4n) is 3.36. The smallest absolute Gasteiger partial charge is 0.254 e. The molecule has 0 spiro atoms. The van der Waals surface area contributed by atoms with Gasteiger partial charge in [-0.1, -0.05) is 0 Å². The molecule has 0 unspecified atom stereocenters. The Bertz CT molecular complexity index is 833. The Labute approximate surface area is 181 Å². The first-order chi connectivity index (χ1) is 14.6. The maximum absolute atomic E-state index is 12.9. The Morgan fingerprint density at radius 1 is 1.00 bits per heavy atom. The first-order valence-corrected chi connectivity index (χ1v) is 11.3. The average molecular weight is 432 g/mol.